The molecule has 0 fully saturated rings. The van der Waals surface area contributed by atoms with Crippen molar-refractivity contribution in [2.45, 2.75) is 115 Å². The first-order chi connectivity index (χ1) is 18.9. The lowest BCUT2D eigenvalue weighted by molar-refractivity contribution is -0.111. The van der Waals surface area contributed by atoms with Crippen LogP contribution in [0, 0.1) is 0 Å². The van der Waals surface area contributed by atoms with Gasteiger partial charge >= 0.3 is 0 Å². The number of sulfone groups is 1. The number of benzene rings is 2. The first-order valence-corrected chi connectivity index (χ1v) is 16.7. The smallest absolute Gasteiger partial charge is 0.248 e. The summed E-state index contributed by atoms with van der Waals surface area (Å²) >= 11 is 0. The zero-order valence-corrected chi connectivity index (χ0v) is 24.7. The molecule has 2 rings (SSSR count). The molecule has 6 heteroatoms. The average Bonchev–Trinajstić information content (AvgIpc) is 2.92. The van der Waals surface area contributed by atoms with Crippen LogP contribution < -0.4 is 5.32 Å². The fourth-order valence-corrected chi connectivity index (χ4v) is 6.12. The summed E-state index contributed by atoms with van der Waals surface area (Å²) in [7, 11) is -3.40. The number of unbranched alkanes of at least 4 members (excludes halogenated alkanes) is 15. The molecule has 1 amide bonds. The average molecular weight is 556 g/mol. The van der Waals surface area contributed by atoms with Gasteiger partial charge in [-0.2, -0.15) is 0 Å². The fourth-order valence-electron chi connectivity index (χ4n) is 4.71. The van der Waals surface area contributed by atoms with Gasteiger partial charge in [-0.3, -0.25) is 4.79 Å². The van der Waals surface area contributed by atoms with Gasteiger partial charge in [0, 0.05) is 11.8 Å². The highest BCUT2D eigenvalue weighted by Gasteiger charge is 2.14. The molecule has 0 unspecified atom stereocenters. The van der Waals surface area contributed by atoms with Crippen molar-refractivity contribution in [3.63, 3.8) is 0 Å². The summed E-state index contributed by atoms with van der Waals surface area (Å²) in [6.45, 7) is 2.26. The number of phenolic OH excluding ortho intramolecular Hbond substituents is 1. The van der Waals surface area contributed by atoms with Crippen LogP contribution in [0.5, 0.6) is 5.75 Å². The van der Waals surface area contributed by atoms with Gasteiger partial charge in [-0.15, -0.1) is 0 Å². The summed E-state index contributed by atoms with van der Waals surface area (Å²) in [4.78, 5) is 12.5. The van der Waals surface area contributed by atoms with Gasteiger partial charge in [0.2, 0.25) is 5.91 Å². The third kappa shape index (κ3) is 14.9. The molecule has 0 heterocycles. The van der Waals surface area contributed by atoms with E-state index >= 15 is 0 Å². The van der Waals surface area contributed by atoms with Crippen LogP contribution in [-0.4, -0.2) is 25.2 Å². The predicted molar refractivity (Wildman–Crippen MR) is 164 cm³/mol. The van der Waals surface area contributed by atoms with Crippen molar-refractivity contribution in [1.29, 1.82) is 0 Å². The van der Waals surface area contributed by atoms with Crippen molar-refractivity contribution in [1.82, 2.24) is 0 Å². The Balaban J connectivity index is 1.57. The number of phenols is 1. The van der Waals surface area contributed by atoms with Crippen LogP contribution in [0.4, 0.5) is 5.69 Å². The minimum absolute atomic E-state index is 0.125. The Hall–Kier alpha value is -2.60. The number of rotatable bonds is 21. The van der Waals surface area contributed by atoms with Crippen LogP contribution in [0.1, 0.15) is 115 Å². The van der Waals surface area contributed by atoms with Gasteiger partial charge in [-0.1, -0.05) is 121 Å². The van der Waals surface area contributed by atoms with E-state index in [9.17, 15) is 18.3 Å². The summed E-state index contributed by atoms with van der Waals surface area (Å²) in [5, 5.41) is 12.2. The molecule has 5 nitrogen and oxygen atoms in total. The quantitative estimate of drug-likeness (QED) is 0.119. The Morgan fingerprint density at radius 3 is 1.85 bits per heavy atom. The molecule has 0 spiro atoms. The van der Waals surface area contributed by atoms with Gasteiger partial charge in [0.05, 0.1) is 10.6 Å². The Bertz CT molecular complexity index is 1090. The highest BCUT2D eigenvalue weighted by molar-refractivity contribution is 7.91. The van der Waals surface area contributed by atoms with Crippen LogP contribution in [-0.2, 0) is 14.6 Å². The van der Waals surface area contributed by atoms with Crippen LogP contribution >= 0.6 is 0 Å². The molecule has 0 aliphatic heterocycles. The van der Waals surface area contributed by atoms with Gasteiger partial charge in [0.15, 0.2) is 9.84 Å². The highest BCUT2D eigenvalue weighted by atomic mass is 32.2. The lowest BCUT2D eigenvalue weighted by Gasteiger charge is -2.08. The largest absolute Gasteiger partial charge is 0.508 e. The monoisotopic (exact) mass is 555 g/mol. The predicted octanol–water partition coefficient (Wildman–Crippen LogP) is 9.08. The number of anilines is 1. The number of amides is 1. The standard InChI is InChI=1S/C33H49NO4S/c1-2-3-4-5-6-7-8-9-10-11-12-13-14-15-16-17-26-39(37,38)32-23-19-21-30(28-32)34-33(36)25-24-29-20-18-22-31(35)27-29/h18-25,27-28,35H,2-17,26H2,1H3,(H,34,36). The molecule has 2 aromatic rings. The number of hydrogen-bond donors (Lipinski definition) is 2. The summed E-state index contributed by atoms with van der Waals surface area (Å²) in [5.41, 5.74) is 1.13. The van der Waals surface area contributed by atoms with Crippen LogP contribution in [0.15, 0.2) is 59.5 Å². The van der Waals surface area contributed by atoms with E-state index in [4.69, 9.17) is 0 Å². The Morgan fingerprint density at radius 1 is 0.744 bits per heavy atom. The molecule has 39 heavy (non-hydrogen) atoms. The fraction of sp³-hybridized carbons (Fsp3) is 0.545. The minimum atomic E-state index is -3.40. The molecule has 0 atom stereocenters. The molecule has 2 aromatic carbocycles. The topological polar surface area (TPSA) is 83.5 Å². The van der Waals surface area contributed by atoms with Crippen molar-refractivity contribution in [3.05, 3.63) is 60.2 Å². The van der Waals surface area contributed by atoms with Gasteiger partial charge in [0.1, 0.15) is 5.75 Å². The van der Waals surface area contributed by atoms with E-state index in [-0.39, 0.29) is 22.3 Å². The van der Waals surface area contributed by atoms with Crippen molar-refractivity contribution < 1.29 is 18.3 Å². The molecule has 216 valence electrons. The molecule has 0 aliphatic carbocycles. The highest BCUT2D eigenvalue weighted by Crippen LogP contribution is 2.20. The number of nitrogens with one attached hydrogen (secondary N) is 1. The number of aromatic hydroxyl groups is 1. The third-order valence-corrected chi connectivity index (χ3v) is 8.82. The summed E-state index contributed by atoms with van der Waals surface area (Å²) < 4.78 is 25.6. The lowest BCUT2D eigenvalue weighted by Crippen LogP contribution is -2.10. The molecule has 0 aromatic heterocycles. The Kier molecular flexibility index (Phi) is 16.3. The SMILES string of the molecule is CCCCCCCCCCCCCCCCCCS(=O)(=O)c1cccc(NC(=O)C=Cc2cccc(O)c2)c1. The number of hydrogen-bond acceptors (Lipinski definition) is 4. The van der Waals surface area contributed by atoms with E-state index in [1.165, 1.54) is 95.6 Å². The maximum atomic E-state index is 12.8. The van der Waals surface area contributed by atoms with Gasteiger partial charge < -0.3 is 10.4 Å². The second kappa shape index (κ2) is 19.5. The molecule has 0 bridgehead atoms. The second-order valence-electron chi connectivity index (χ2n) is 10.6. The van der Waals surface area contributed by atoms with E-state index in [0.29, 0.717) is 17.7 Å². The molecule has 0 radical (unpaired) electrons. The maximum absolute atomic E-state index is 12.8. The van der Waals surface area contributed by atoms with E-state index < -0.39 is 9.84 Å². The van der Waals surface area contributed by atoms with Gasteiger partial charge in [0.25, 0.3) is 0 Å². The minimum Gasteiger partial charge on any atom is -0.508 e. The molecule has 2 N–H and O–H groups in total. The van der Waals surface area contributed by atoms with Crippen molar-refractivity contribution in [2.24, 2.45) is 0 Å². The van der Waals surface area contributed by atoms with Gasteiger partial charge in [-0.25, -0.2) is 8.42 Å². The Labute approximate surface area is 237 Å². The Morgan fingerprint density at radius 2 is 1.28 bits per heavy atom. The molecule has 0 saturated carbocycles. The maximum Gasteiger partial charge on any atom is 0.248 e. The molecular formula is C33H49NO4S. The van der Waals surface area contributed by atoms with E-state index in [2.05, 4.69) is 12.2 Å². The third-order valence-electron chi connectivity index (χ3n) is 7.02. The van der Waals surface area contributed by atoms with Crippen LogP contribution in [0.2, 0.25) is 0 Å². The lowest BCUT2D eigenvalue weighted by atomic mass is 10.0. The van der Waals surface area contributed by atoms with E-state index in [1.807, 2.05) is 0 Å². The first-order valence-electron chi connectivity index (χ1n) is 15.0. The molecule has 0 saturated heterocycles. The summed E-state index contributed by atoms with van der Waals surface area (Å²) in [6.07, 6.45) is 23.0. The zero-order valence-electron chi connectivity index (χ0n) is 23.9. The normalized spacial score (nSPS) is 11.7. The first kappa shape index (κ1) is 32.6. The van der Waals surface area contributed by atoms with Crippen LogP contribution in [0.3, 0.4) is 0 Å². The second-order valence-corrected chi connectivity index (χ2v) is 12.7. The number of carbonyl (C=O) groups excluding carboxylic acids is 1. The molecule has 0 aliphatic rings. The molecular weight excluding hydrogens is 506 g/mol. The zero-order chi connectivity index (χ0) is 28.2. The van der Waals surface area contributed by atoms with Crippen LogP contribution in [0.25, 0.3) is 6.08 Å². The van der Waals surface area contributed by atoms with Crippen molar-refractivity contribution in [3.8, 4) is 5.75 Å². The van der Waals surface area contributed by atoms with Crippen molar-refractivity contribution in [2.75, 3.05) is 11.1 Å². The summed E-state index contributed by atoms with van der Waals surface area (Å²) in [6, 6.07) is 13.0. The van der Waals surface area contributed by atoms with Gasteiger partial charge in [-0.05, 0) is 48.4 Å². The van der Waals surface area contributed by atoms with Crippen molar-refractivity contribution >= 4 is 27.5 Å². The van der Waals surface area contributed by atoms with E-state index in [1.54, 1.807) is 48.5 Å². The summed E-state index contributed by atoms with van der Waals surface area (Å²) in [5.74, 6) is -0.120. The number of carbonyl (C=O) groups is 1. The van der Waals surface area contributed by atoms with E-state index in [0.717, 1.165) is 12.8 Å².